The number of hydrogen-bond acceptors (Lipinski definition) is 6. The van der Waals surface area contributed by atoms with Crippen molar-refractivity contribution < 1.29 is 22.7 Å². The molecule has 0 spiro atoms. The Labute approximate surface area is 230 Å². The van der Waals surface area contributed by atoms with Crippen LogP contribution in [0.3, 0.4) is 0 Å². The van der Waals surface area contributed by atoms with Gasteiger partial charge in [0.2, 0.25) is 5.95 Å². The van der Waals surface area contributed by atoms with Crippen LogP contribution in [0.2, 0.25) is 0 Å². The fraction of sp³-hybridized carbons (Fsp3) is 0.300. The van der Waals surface area contributed by atoms with Crippen molar-refractivity contribution in [3.05, 3.63) is 77.5 Å². The molecular formula is C30H30F3N5O2. The molecule has 4 aromatic rings. The summed E-state index contributed by atoms with van der Waals surface area (Å²) < 4.78 is 46.7. The summed E-state index contributed by atoms with van der Waals surface area (Å²) in [7, 11) is 3.76. The van der Waals surface area contributed by atoms with Crippen LogP contribution < -0.4 is 15.4 Å². The topological polar surface area (TPSA) is 79.4 Å². The number of hydrogen-bond donors (Lipinski definition) is 2. The first-order chi connectivity index (χ1) is 19.1. The minimum atomic E-state index is -4.59. The summed E-state index contributed by atoms with van der Waals surface area (Å²) in [5.41, 5.74) is 2.91. The number of ether oxygens (including phenoxy) is 1. The Kier molecular flexibility index (Phi) is 7.62. The van der Waals surface area contributed by atoms with Gasteiger partial charge in [-0.3, -0.25) is 4.79 Å². The van der Waals surface area contributed by atoms with E-state index in [1.165, 1.54) is 6.07 Å². The van der Waals surface area contributed by atoms with Crippen LogP contribution in [0.25, 0.3) is 22.0 Å². The lowest BCUT2D eigenvalue weighted by molar-refractivity contribution is -0.137. The zero-order valence-corrected chi connectivity index (χ0v) is 22.5. The van der Waals surface area contributed by atoms with Gasteiger partial charge in [-0.1, -0.05) is 12.1 Å². The highest BCUT2D eigenvalue weighted by Crippen LogP contribution is 2.35. The number of nitrogens with zero attached hydrogens (tertiary/aromatic N) is 3. The van der Waals surface area contributed by atoms with E-state index in [9.17, 15) is 18.0 Å². The van der Waals surface area contributed by atoms with E-state index in [0.29, 0.717) is 11.6 Å². The third-order valence-electron chi connectivity index (χ3n) is 7.12. The standard InChI is InChI=1S/C30H30F3N5O2/c1-18-4-7-22(16-24(18)19-5-8-26-20(14-19)17-35-29(34-2)37-26)36-28(39)25-15-21(30(31,32)33)6-9-27(25)40-23-10-12-38(3)13-11-23/h4-9,14-17,23H,10-13H2,1-3H3,(H,36,39)(H,34,35,37). The number of amides is 1. The molecule has 1 saturated heterocycles. The highest BCUT2D eigenvalue weighted by Gasteiger charge is 2.32. The summed E-state index contributed by atoms with van der Waals surface area (Å²) in [4.78, 5) is 24.3. The average Bonchev–Trinajstić information content (AvgIpc) is 2.94. The van der Waals surface area contributed by atoms with Crippen molar-refractivity contribution in [2.45, 2.75) is 32.0 Å². The summed E-state index contributed by atoms with van der Waals surface area (Å²) in [6.45, 7) is 3.58. The highest BCUT2D eigenvalue weighted by molar-refractivity contribution is 6.06. The number of anilines is 2. The molecule has 5 rings (SSSR count). The van der Waals surface area contributed by atoms with E-state index >= 15 is 0 Å². The van der Waals surface area contributed by atoms with Crippen molar-refractivity contribution in [1.29, 1.82) is 0 Å². The van der Waals surface area contributed by atoms with Gasteiger partial charge in [0, 0.05) is 37.4 Å². The van der Waals surface area contributed by atoms with Gasteiger partial charge in [0.1, 0.15) is 11.9 Å². The first-order valence-corrected chi connectivity index (χ1v) is 13.0. The number of aromatic nitrogens is 2. The molecule has 0 aliphatic carbocycles. The molecule has 1 amide bonds. The Hall–Kier alpha value is -4.18. The number of piperidine rings is 1. The Bertz CT molecular complexity index is 1550. The third-order valence-corrected chi connectivity index (χ3v) is 7.12. The summed E-state index contributed by atoms with van der Waals surface area (Å²) >= 11 is 0. The fourth-order valence-corrected chi connectivity index (χ4v) is 4.80. The minimum Gasteiger partial charge on any atom is -0.489 e. The van der Waals surface area contributed by atoms with Crippen molar-refractivity contribution in [2.75, 3.05) is 37.8 Å². The van der Waals surface area contributed by atoms with Crippen molar-refractivity contribution in [1.82, 2.24) is 14.9 Å². The molecule has 2 heterocycles. The van der Waals surface area contributed by atoms with Crippen molar-refractivity contribution in [2.24, 2.45) is 0 Å². The van der Waals surface area contributed by atoms with Gasteiger partial charge in [-0.05, 0) is 86.0 Å². The molecule has 1 aliphatic rings. The zero-order chi connectivity index (χ0) is 28.4. The average molecular weight is 550 g/mol. The predicted octanol–water partition coefficient (Wildman–Crippen LogP) is 6.39. The normalized spacial score (nSPS) is 14.8. The number of likely N-dealkylation sites (tertiary alicyclic amines) is 1. The van der Waals surface area contributed by atoms with Crippen LogP contribution in [-0.4, -0.2) is 54.1 Å². The lowest BCUT2D eigenvalue weighted by atomic mass is 9.98. The predicted molar refractivity (Wildman–Crippen MR) is 150 cm³/mol. The second-order valence-electron chi connectivity index (χ2n) is 10.0. The van der Waals surface area contributed by atoms with Gasteiger partial charge in [0.05, 0.1) is 16.6 Å². The lowest BCUT2D eigenvalue weighted by Crippen LogP contribution is -2.36. The van der Waals surface area contributed by atoms with Crippen LogP contribution in [0.4, 0.5) is 24.8 Å². The van der Waals surface area contributed by atoms with Gasteiger partial charge in [0.25, 0.3) is 5.91 Å². The molecule has 3 aromatic carbocycles. The van der Waals surface area contributed by atoms with Gasteiger partial charge in [-0.15, -0.1) is 0 Å². The molecular weight excluding hydrogens is 519 g/mol. The van der Waals surface area contributed by atoms with Gasteiger partial charge in [0.15, 0.2) is 0 Å². The Morgan fingerprint density at radius 2 is 1.82 bits per heavy atom. The first-order valence-electron chi connectivity index (χ1n) is 13.0. The van der Waals surface area contributed by atoms with E-state index in [0.717, 1.165) is 65.7 Å². The maximum atomic E-state index is 13.5. The summed E-state index contributed by atoms with van der Waals surface area (Å²) in [6, 6.07) is 14.2. The molecule has 0 unspecified atom stereocenters. The van der Waals surface area contributed by atoms with Crippen LogP contribution in [0.1, 0.15) is 34.3 Å². The molecule has 0 saturated carbocycles. The van der Waals surface area contributed by atoms with Crippen LogP contribution in [0.15, 0.2) is 60.8 Å². The molecule has 0 bridgehead atoms. The van der Waals surface area contributed by atoms with E-state index in [2.05, 4.69) is 25.5 Å². The van der Waals surface area contributed by atoms with Crippen LogP contribution >= 0.6 is 0 Å². The van der Waals surface area contributed by atoms with Gasteiger partial charge in [-0.25, -0.2) is 9.97 Å². The molecule has 7 nitrogen and oxygen atoms in total. The zero-order valence-electron chi connectivity index (χ0n) is 22.5. The summed E-state index contributed by atoms with van der Waals surface area (Å²) in [5, 5.41) is 6.55. The van der Waals surface area contributed by atoms with Crippen molar-refractivity contribution in [3.63, 3.8) is 0 Å². The van der Waals surface area contributed by atoms with E-state index in [4.69, 9.17) is 4.74 Å². The number of carbonyl (C=O) groups is 1. The van der Waals surface area contributed by atoms with Gasteiger partial charge in [-0.2, -0.15) is 13.2 Å². The highest BCUT2D eigenvalue weighted by atomic mass is 19.4. The summed E-state index contributed by atoms with van der Waals surface area (Å²) in [6.07, 6.45) is -1.57. The van der Waals surface area contributed by atoms with Gasteiger partial charge < -0.3 is 20.3 Å². The Morgan fingerprint density at radius 1 is 1.05 bits per heavy atom. The SMILES string of the molecule is CNc1ncc2cc(-c3cc(NC(=O)c4cc(C(F)(F)F)ccc4OC4CCN(C)CC4)ccc3C)ccc2n1. The molecule has 1 aliphatic heterocycles. The monoisotopic (exact) mass is 549 g/mol. The molecule has 1 aromatic heterocycles. The van der Waals surface area contributed by atoms with Crippen LogP contribution in [0, 0.1) is 6.92 Å². The Morgan fingerprint density at radius 3 is 2.55 bits per heavy atom. The second kappa shape index (κ2) is 11.1. The molecule has 1 fully saturated rings. The largest absolute Gasteiger partial charge is 0.489 e. The third kappa shape index (κ3) is 6.02. The summed E-state index contributed by atoms with van der Waals surface area (Å²) in [5.74, 6) is -0.00639. The van der Waals surface area contributed by atoms with Crippen molar-refractivity contribution >= 4 is 28.4 Å². The number of aryl methyl sites for hydroxylation is 1. The molecule has 0 radical (unpaired) electrons. The van der Waals surface area contributed by atoms with Crippen LogP contribution in [-0.2, 0) is 6.18 Å². The lowest BCUT2D eigenvalue weighted by Gasteiger charge is -2.30. The van der Waals surface area contributed by atoms with Gasteiger partial charge >= 0.3 is 6.18 Å². The molecule has 208 valence electrons. The number of benzene rings is 3. The number of rotatable bonds is 6. The fourth-order valence-electron chi connectivity index (χ4n) is 4.80. The number of alkyl halides is 3. The maximum absolute atomic E-state index is 13.5. The molecule has 0 atom stereocenters. The number of halogens is 3. The number of carbonyl (C=O) groups excluding carboxylic acids is 1. The van der Waals surface area contributed by atoms with E-state index in [-0.39, 0.29) is 17.4 Å². The van der Waals surface area contributed by atoms with E-state index in [1.807, 2.05) is 44.3 Å². The maximum Gasteiger partial charge on any atom is 0.416 e. The van der Waals surface area contributed by atoms with E-state index < -0.39 is 17.6 Å². The molecule has 10 heteroatoms. The quantitative estimate of drug-likeness (QED) is 0.290. The minimum absolute atomic E-state index is 0.142. The van der Waals surface area contributed by atoms with E-state index in [1.54, 1.807) is 19.3 Å². The molecule has 2 N–H and O–H groups in total. The number of nitrogens with one attached hydrogen (secondary N) is 2. The van der Waals surface area contributed by atoms with Crippen molar-refractivity contribution in [3.8, 4) is 16.9 Å². The Balaban J connectivity index is 1.43. The smallest absolute Gasteiger partial charge is 0.416 e. The molecule has 40 heavy (non-hydrogen) atoms. The second-order valence-corrected chi connectivity index (χ2v) is 10.0. The first kappa shape index (κ1) is 27.4. The van der Waals surface area contributed by atoms with Crippen LogP contribution in [0.5, 0.6) is 5.75 Å². The number of fused-ring (bicyclic) bond motifs is 1.